The van der Waals surface area contributed by atoms with Crippen molar-refractivity contribution in [2.24, 2.45) is 11.8 Å². The number of allylic oxidation sites excluding steroid dienone is 2. The molecule has 34 heavy (non-hydrogen) atoms. The Morgan fingerprint density at radius 3 is 2.15 bits per heavy atom. The molecule has 1 saturated heterocycles. The molecule has 0 bridgehead atoms. The average molecular weight is 503 g/mol. The van der Waals surface area contributed by atoms with Crippen LogP contribution in [0.5, 0.6) is 0 Å². The van der Waals surface area contributed by atoms with Crippen molar-refractivity contribution in [2.75, 3.05) is 5.88 Å². The largest absolute Gasteiger partial charge is 0.292 e. The van der Waals surface area contributed by atoms with Crippen LogP contribution in [-0.2, 0) is 9.59 Å². The van der Waals surface area contributed by atoms with E-state index < -0.39 is 47.2 Å². The summed E-state index contributed by atoms with van der Waals surface area (Å²) in [6.07, 6.45) is 4.35. The molecule has 1 fully saturated rings. The van der Waals surface area contributed by atoms with E-state index in [2.05, 4.69) is 0 Å². The summed E-state index contributed by atoms with van der Waals surface area (Å²) in [7, 11) is 0. The van der Waals surface area contributed by atoms with Crippen molar-refractivity contribution in [2.45, 2.75) is 25.3 Å². The molecule has 2 aliphatic rings. The second-order valence-corrected chi connectivity index (χ2v) is 8.92. The molecular weight excluding hydrogens is 482 g/mol. The summed E-state index contributed by atoms with van der Waals surface area (Å²) in [4.78, 5) is 54.1. The van der Waals surface area contributed by atoms with Crippen LogP contribution in [0.4, 0.5) is 4.39 Å². The van der Waals surface area contributed by atoms with Crippen molar-refractivity contribution in [1.29, 1.82) is 0 Å². The zero-order valence-corrected chi connectivity index (χ0v) is 19.5. The standard InChI is InChI=1S/C25H21Cl2FN2O4/c26-14-13-21(22(31)15-9-11-16(28)12-10-15)29(25(34)19-7-3-4-8-20(19)27)30-23(32)17-5-1-2-6-18(17)24(30)33/h1-4,7-12,17-18,21H,5-6,13-14H2/t17-,18+,21-/m0/s1. The molecule has 1 aliphatic heterocycles. The van der Waals surface area contributed by atoms with Crippen LogP contribution in [0, 0.1) is 17.7 Å². The molecule has 3 atom stereocenters. The highest BCUT2D eigenvalue weighted by Crippen LogP contribution is 2.37. The Morgan fingerprint density at radius 1 is 1.00 bits per heavy atom. The molecule has 176 valence electrons. The molecule has 1 aliphatic carbocycles. The number of nitrogens with zero attached hydrogens (tertiary/aromatic N) is 2. The van der Waals surface area contributed by atoms with Crippen molar-refractivity contribution in [3.63, 3.8) is 0 Å². The number of benzene rings is 2. The molecule has 0 aromatic heterocycles. The quantitative estimate of drug-likeness (QED) is 0.238. The van der Waals surface area contributed by atoms with E-state index in [0.29, 0.717) is 12.8 Å². The van der Waals surface area contributed by atoms with Gasteiger partial charge in [-0.1, -0.05) is 35.9 Å². The molecule has 0 spiro atoms. The number of hydrogen-bond acceptors (Lipinski definition) is 4. The predicted octanol–water partition coefficient (Wildman–Crippen LogP) is 4.67. The van der Waals surface area contributed by atoms with Crippen LogP contribution >= 0.6 is 23.2 Å². The van der Waals surface area contributed by atoms with Gasteiger partial charge in [0.15, 0.2) is 5.78 Å². The van der Waals surface area contributed by atoms with E-state index in [1.807, 2.05) is 12.2 Å². The molecule has 3 amide bonds. The maximum Gasteiger partial charge on any atom is 0.275 e. The summed E-state index contributed by atoms with van der Waals surface area (Å²) in [6.45, 7) is 0. The lowest BCUT2D eigenvalue weighted by molar-refractivity contribution is -0.156. The number of amides is 3. The highest BCUT2D eigenvalue weighted by molar-refractivity contribution is 6.34. The summed E-state index contributed by atoms with van der Waals surface area (Å²) in [5.74, 6) is -4.24. The summed E-state index contributed by atoms with van der Waals surface area (Å²) >= 11 is 12.3. The van der Waals surface area contributed by atoms with Crippen LogP contribution in [0.3, 0.4) is 0 Å². The Balaban J connectivity index is 1.82. The van der Waals surface area contributed by atoms with E-state index >= 15 is 0 Å². The Kier molecular flexibility index (Phi) is 7.14. The Labute approximate surface area is 205 Å². The van der Waals surface area contributed by atoms with Crippen molar-refractivity contribution in [1.82, 2.24) is 10.0 Å². The molecule has 2 aromatic carbocycles. The summed E-state index contributed by atoms with van der Waals surface area (Å²) in [6, 6.07) is 9.72. The van der Waals surface area contributed by atoms with Gasteiger partial charge in [-0.2, -0.15) is 5.01 Å². The second-order valence-electron chi connectivity index (χ2n) is 8.14. The van der Waals surface area contributed by atoms with Crippen molar-refractivity contribution in [3.8, 4) is 0 Å². The molecule has 0 N–H and O–H groups in total. The Hall–Kier alpha value is -3.03. The van der Waals surface area contributed by atoms with Gasteiger partial charge in [0, 0.05) is 11.4 Å². The first-order chi connectivity index (χ1) is 16.3. The zero-order chi connectivity index (χ0) is 24.4. The minimum atomic E-state index is -1.28. The van der Waals surface area contributed by atoms with Gasteiger partial charge in [0.1, 0.15) is 11.9 Å². The lowest BCUT2D eigenvalue weighted by Crippen LogP contribution is -2.57. The normalized spacial score (nSPS) is 20.3. The van der Waals surface area contributed by atoms with Gasteiger partial charge in [0.25, 0.3) is 17.7 Å². The van der Waals surface area contributed by atoms with Crippen LogP contribution in [-0.4, -0.2) is 45.4 Å². The van der Waals surface area contributed by atoms with Crippen LogP contribution in [0.15, 0.2) is 60.7 Å². The van der Waals surface area contributed by atoms with E-state index in [1.165, 1.54) is 24.3 Å². The van der Waals surface area contributed by atoms with Gasteiger partial charge in [-0.3, -0.25) is 19.2 Å². The number of alkyl halides is 1. The van der Waals surface area contributed by atoms with E-state index in [4.69, 9.17) is 23.2 Å². The van der Waals surface area contributed by atoms with E-state index in [1.54, 1.807) is 12.1 Å². The van der Waals surface area contributed by atoms with Crippen molar-refractivity contribution >= 4 is 46.7 Å². The fourth-order valence-corrected chi connectivity index (χ4v) is 4.82. The number of carbonyl (C=O) groups is 4. The first kappa shape index (κ1) is 24.1. The predicted molar refractivity (Wildman–Crippen MR) is 125 cm³/mol. The number of imide groups is 1. The maximum atomic E-state index is 13.8. The molecule has 6 nitrogen and oxygen atoms in total. The minimum Gasteiger partial charge on any atom is -0.292 e. The van der Waals surface area contributed by atoms with Crippen molar-refractivity contribution in [3.05, 3.63) is 82.6 Å². The molecule has 9 heteroatoms. The number of hydrogen-bond donors (Lipinski definition) is 0. The third-order valence-electron chi connectivity index (χ3n) is 6.12. The molecule has 0 unspecified atom stereocenters. The molecule has 0 radical (unpaired) electrons. The highest BCUT2D eigenvalue weighted by Gasteiger charge is 2.53. The fourth-order valence-electron chi connectivity index (χ4n) is 4.40. The van der Waals surface area contributed by atoms with Crippen molar-refractivity contribution < 1.29 is 23.6 Å². The van der Waals surface area contributed by atoms with Gasteiger partial charge in [-0.25, -0.2) is 9.40 Å². The first-order valence-electron chi connectivity index (χ1n) is 10.8. The number of hydrazine groups is 1. The van der Waals surface area contributed by atoms with Crippen LogP contribution in [0.25, 0.3) is 0 Å². The van der Waals surface area contributed by atoms with Gasteiger partial charge >= 0.3 is 0 Å². The monoisotopic (exact) mass is 502 g/mol. The summed E-state index contributed by atoms with van der Waals surface area (Å²) < 4.78 is 13.5. The SMILES string of the molecule is O=C(c1ccc(F)cc1)[C@H](CCCl)N(C(=O)c1ccccc1Cl)N1C(=O)[C@H]2CC=CC[C@H]2C1=O. The molecular formula is C25H21Cl2FN2O4. The fraction of sp³-hybridized carbons (Fsp3) is 0.280. The van der Waals surface area contributed by atoms with Crippen LogP contribution in [0.2, 0.25) is 5.02 Å². The van der Waals surface area contributed by atoms with Gasteiger partial charge in [-0.05, 0) is 55.7 Å². The first-order valence-corrected chi connectivity index (χ1v) is 11.7. The lowest BCUT2D eigenvalue weighted by atomic mass is 9.85. The molecule has 4 rings (SSSR count). The number of rotatable bonds is 7. The Morgan fingerprint density at radius 2 is 1.59 bits per heavy atom. The number of Topliss-reactive ketones (excluding diaryl/α,β-unsaturated/α-hetero) is 1. The summed E-state index contributed by atoms with van der Waals surface area (Å²) in [5, 5.41) is 1.81. The number of ketones is 1. The van der Waals surface area contributed by atoms with E-state index in [0.717, 1.165) is 22.2 Å². The lowest BCUT2D eigenvalue weighted by Gasteiger charge is -2.36. The third kappa shape index (κ3) is 4.38. The van der Waals surface area contributed by atoms with Gasteiger partial charge < -0.3 is 0 Å². The van der Waals surface area contributed by atoms with E-state index in [-0.39, 0.29) is 28.5 Å². The topological polar surface area (TPSA) is 74.8 Å². The van der Waals surface area contributed by atoms with E-state index in [9.17, 15) is 23.6 Å². The van der Waals surface area contributed by atoms with Gasteiger partial charge in [0.05, 0.1) is 22.4 Å². The second kappa shape index (κ2) is 10.1. The molecule has 1 heterocycles. The number of carbonyl (C=O) groups excluding carboxylic acids is 4. The third-order valence-corrected chi connectivity index (χ3v) is 6.67. The zero-order valence-electron chi connectivity index (χ0n) is 18.0. The van der Waals surface area contributed by atoms with Crippen LogP contribution < -0.4 is 0 Å². The number of halogens is 3. The van der Waals surface area contributed by atoms with Gasteiger partial charge in [0.2, 0.25) is 0 Å². The average Bonchev–Trinajstić information content (AvgIpc) is 3.09. The Bertz CT molecular complexity index is 1140. The smallest absolute Gasteiger partial charge is 0.275 e. The maximum absolute atomic E-state index is 13.8. The van der Waals surface area contributed by atoms with Crippen LogP contribution in [0.1, 0.15) is 40.0 Å². The molecule has 0 saturated carbocycles. The highest BCUT2D eigenvalue weighted by atomic mass is 35.5. The minimum absolute atomic E-state index is 0.0317. The van der Waals surface area contributed by atoms with Gasteiger partial charge in [-0.15, -0.1) is 11.6 Å². The molecule has 2 aromatic rings. The number of fused-ring (bicyclic) bond motifs is 1. The summed E-state index contributed by atoms with van der Waals surface area (Å²) in [5.41, 5.74) is 0.149.